The molecular weight excluding hydrogens is 439 g/mol. The Labute approximate surface area is 186 Å². The van der Waals surface area contributed by atoms with Gasteiger partial charge < -0.3 is 17.3 Å². The maximum Gasteiger partial charge on any atom is 0.272 e. The number of quaternary nitrogens is 1. The van der Waals surface area contributed by atoms with Crippen LogP contribution in [-0.4, -0.2) is 43.2 Å². The van der Waals surface area contributed by atoms with Gasteiger partial charge in [0.15, 0.2) is 0 Å². The van der Waals surface area contributed by atoms with Crippen molar-refractivity contribution in [3.63, 3.8) is 0 Å². The lowest BCUT2D eigenvalue weighted by molar-refractivity contribution is -0.900. The molecule has 158 valence electrons. The quantitative estimate of drug-likeness (QED) is 0.214. The van der Waals surface area contributed by atoms with Gasteiger partial charge in [-0.25, -0.2) is 0 Å². The molecular formula is C18H23Cl3N6O2. The molecule has 2 aromatic rings. The Morgan fingerprint density at radius 3 is 2.14 bits per heavy atom. The lowest BCUT2D eigenvalue weighted by atomic mass is 10.2. The van der Waals surface area contributed by atoms with E-state index >= 15 is 0 Å². The monoisotopic (exact) mass is 460 g/mol. The number of halogens is 3. The number of hydrogen-bond acceptors (Lipinski definition) is 6. The fourth-order valence-corrected chi connectivity index (χ4v) is 2.99. The van der Waals surface area contributed by atoms with Crippen molar-refractivity contribution in [2.75, 3.05) is 38.6 Å². The zero-order valence-electron chi connectivity index (χ0n) is 16.3. The third-order valence-electron chi connectivity index (χ3n) is 4.02. The average Bonchev–Trinajstić information content (AvgIpc) is 2.61. The van der Waals surface area contributed by atoms with Gasteiger partial charge in [0.05, 0.1) is 41.3 Å². The number of anilines is 1. The van der Waals surface area contributed by atoms with Crippen molar-refractivity contribution in [3.05, 3.63) is 56.6 Å². The number of nitrogens with two attached hydrogens (primary N) is 1. The Kier molecular flexibility index (Phi) is 9.25. The first-order valence-electron chi connectivity index (χ1n) is 8.62. The van der Waals surface area contributed by atoms with Crippen LogP contribution >= 0.6 is 23.2 Å². The summed E-state index contributed by atoms with van der Waals surface area (Å²) in [6.45, 7) is 4.58. The Morgan fingerprint density at radius 1 is 1.14 bits per heavy atom. The van der Waals surface area contributed by atoms with Crippen molar-refractivity contribution >= 4 is 46.0 Å². The second-order valence-electron chi connectivity index (χ2n) is 6.81. The lowest BCUT2D eigenvalue weighted by Gasteiger charge is -2.28. The van der Waals surface area contributed by atoms with Crippen LogP contribution in [0.4, 0.5) is 22.7 Å². The van der Waals surface area contributed by atoms with E-state index in [-0.39, 0.29) is 33.8 Å². The van der Waals surface area contributed by atoms with Crippen molar-refractivity contribution in [2.24, 2.45) is 16.1 Å². The SMILES string of the molecule is CCN(CC[N+](C)(C)N)c1ccc(N=Nc2c(Cl)cc([N+](=O)[O-])cc2Cl)cc1.[Cl-]. The van der Waals surface area contributed by atoms with E-state index in [0.717, 1.165) is 25.3 Å². The van der Waals surface area contributed by atoms with Crippen LogP contribution in [-0.2, 0) is 0 Å². The molecule has 2 rings (SSSR count). The summed E-state index contributed by atoms with van der Waals surface area (Å²) in [6, 6.07) is 9.96. The first-order valence-corrected chi connectivity index (χ1v) is 9.38. The Morgan fingerprint density at radius 2 is 1.69 bits per heavy atom. The topological polar surface area (TPSA) is 97.1 Å². The number of nitrogens with zero attached hydrogens (tertiary/aromatic N) is 5. The van der Waals surface area contributed by atoms with E-state index in [1.807, 2.05) is 38.4 Å². The smallest absolute Gasteiger partial charge is 0.272 e. The molecule has 2 N–H and O–H groups in total. The number of nitro benzene ring substituents is 1. The lowest BCUT2D eigenvalue weighted by Crippen LogP contribution is -3.00. The molecule has 0 unspecified atom stereocenters. The van der Waals surface area contributed by atoms with Crippen LogP contribution in [0.2, 0.25) is 10.0 Å². The van der Waals surface area contributed by atoms with Gasteiger partial charge in [0.1, 0.15) is 12.2 Å². The summed E-state index contributed by atoms with van der Waals surface area (Å²) in [5, 5.41) is 19.1. The third kappa shape index (κ3) is 7.41. The van der Waals surface area contributed by atoms with E-state index < -0.39 is 4.92 Å². The van der Waals surface area contributed by atoms with Crippen LogP contribution in [0.3, 0.4) is 0 Å². The van der Waals surface area contributed by atoms with Gasteiger partial charge in [-0.2, -0.15) is 11.0 Å². The Balaban J connectivity index is 0.00000420. The molecule has 29 heavy (non-hydrogen) atoms. The molecule has 0 saturated carbocycles. The molecule has 0 bridgehead atoms. The molecule has 0 spiro atoms. The predicted molar refractivity (Wildman–Crippen MR) is 113 cm³/mol. The van der Waals surface area contributed by atoms with E-state index in [0.29, 0.717) is 10.3 Å². The molecule has 8 nitrogen and oxygen atoms in total. The van der Waals surface area contributed by atoms with Crippen LogP contribution in [0.5, 0.6) is 0 Å². The van der Waals surface area contributed by atoms with Gasteiger partial charge in [-0.05, 0) is 31.2 Å². The maximum absolute atomic E-state index is 10.8. The zero-order valence-corrected chi connectivity index (χ0v) is 18.6. The first-order chi connectivity index (χ1) is 13.1. The Hall–Kier alpha value is -1.97. The van der Waals surface area contributed by atoms with E-state index in [9.17, 15) is 10.1 Å². The van der Waals surface area contributed by atoms with Crippen molar-refractivity contribution in [1.29, 1.82) is 0 Å². The first kappa shape index (κ1) is 25.1. The zero-order chi connectivity index (χ0) is 20.9. The van der Waals surface area contributed by atoms with Crippen LogP contribution in [0.1, 0.15) is 6.92 Å². The maximum atomic E-state index is 10.8. The number of rotatable bonds is 8. The van der Waals surface area contributed by atoms with E-state index in [1.54, 1.807) is 0 Å². The summed E-state index contributed by atoms with van der Waals surface area (Å²) in [6.07, 6.45) is 0. The predicted octanol–water partition coefficient (Wildman–Crippen LogP) is 2.10. The fraction of sp³-hybridized carbons (Fsp3) is 0.333. The van der Waals surface area contributed by atoms with Crippen molar-refractivity contribution in [2.45, 2.75) is 6.92 Å². The molecule has 0 radical (unpaired) electrons. The number of benzene rings is 2. The highest BCUT2D eigenvalue weighted by atomic mass is 35.5. The highest BCUT2D eigenvalue weighted by Gasteiger charge is 2.15. The summed E-state index contributed by atoms with van der Waals surface area (Å²) >= 11 is 12.1. The molecule has 0 heterocycles. The molecule has 0 atom stereocenters. The van der Waals surface area contributed by atoms with Gasteiger partial charge in [-0.3, -0.25) is 14.7 Å². The third-order valence-corrected chi connectivity index (χ3v) is 4.60. The molecule has 0 aliphatic carbocycles. The van der Waals surface area contributed by atoms with Gasteiger partial charge in [-0.15, -0.1) is 5.11 Å². The number of likely N-dealkylation sites (N-methyl/N-ethyl adjacent to an activating group) is 2. The molecule has 0 fully saturated rings. The Bertz CT molecular complexity index is 846. The normalized spacial score (nSPS) is 11.4. The van der Waals surface area contributed by atoms with Gasteiger partial charge >= 0.3 is 0 Å². The molecule has 0 saturated heterocycles. The van der Waals surface area contributed by atoms with E-state index in [1.165, 1.54) is 12.1 Å². The second kappa shape index (κ2) is 10.7. The van der Waals surface area contributed by atoms with Gasteiger partial charge in [0.25, 0.3) is 5.69 Å². The molecule has 0 amide bonds. The average molecular weight is 462 g/mol. The minimum absolute atomic E-state index is 0. The molecule has 11 heteroatoms. The second-order valence-corrected chi connectivity index (χ2v) is 7.63. The molecule has 2 aromatic carbocycles. The van der Waals surface area contributed by atoms with E-state index in [2.05, 4.69) is 22.1 Å². The number of hydrogen-bond donors (Lipinski definition) is 1. The van der Waals surface area contributed by atoms with Gasteiger partial charge in [-0.1, -0.05) is 23.2 Å². The molecule has 0 aromatic heterocycles. The minimum Gasteiger partial charge on any atom is -1.00 e. The van der Waals surface area contributed by atoms with Crippen LogP contribution < -0.4 is 23.1 Å². The largest absolute Gasteiger partial charge is 1.00 e. The van der Waals surface area contributed by atoms with Crippen molar-refractivity contribution in [1.82, 2.24) is 0 Å². The summed E-state index contributed by atoms with van der Waals surface area (Å²) in [5.41, 5.74) is 1.66. The van der Waals surface area contributed by atoms with Crippen LogP contribution in [0.15, 0.2) is 46.6 Å². The highest BCUT2D eigenvalue weighted by Crippen LogP contribution is 2.37. The van der Waals surface area contributed by atoms with Gasteiger partial charge in [0.2, 0.25) is 0 Å². The standard InChI is InChI=1S/C18H23Cl2N6O2.ClH/c1-4-24(9-10-26(2,3)21)14-7-5-13(6-8-14)22-23-18-16(19)11-15(25(27)28)12-17(18)20;/h5-8,11-12H,4,9-10,21H2,1-3H3;1H/q+1;/p-1. The van der Waals surface area contributed by atoms with Crippen molar-refractivity contribution in [3.8, 4) is 0 Å². The summed E-state index contributed by atoms with van der Waals surface area (Å²) in [7, 11) is 3.90. The summed E-state index contributed by atoms with van der Waals surface area (Å²) in [4.78, 5) is 12.5. The summed E-state index contributed by atoms with van der Waals surface area (Å²) in [5.74, 6) is 6.01. The minimum atomic E-state index is -0.568. The van der Waals surface area contributed by atoms with Gasteiger partial charge in [0, 0.05) is 24.4 Å². The number of non-ortho nitro benzene ring substituents is 1. The summed E-state index contributed by atoms with van der Waals surface area (Å²) < 4.78 is 0.402. The molecule has 0 aliphatic heterocycles. The molecule has 0 aliphatic rings. The fourth-order valence-electron chi connectivity index (χ4n) is 2.44. The van der Waals surface area contributed by atoms with Crippen LogP contribution in [0.25, 0.3) is 0 Å². The highest BCUT2D eigenvalue weighted by molar-refractivity contribution is 6.39. The number of nitro groups is 1. The number of azo groups is 1. The van der Waals surface area contributed by atoms with Crippen LogP contribution in [0, 0.1) is 10.1 Å². The van der Waals surface area contributed by atoms with Crippen molar-refractivity contribution < 1.29 is 21.9 Å². The van der Waals surface area contributed by atoms with E-state index in [4.69, 9.17) is 29.0 Å².